The average Bonchev–Trinajstić information content (AvgIpc) is 2.96. The summed E-state index contributed by atoms with van der Waals surface area (Å²) < 4.78 is 139. The lowest BCUT2D eigenvalue weighted by Crippen LogP contribution is -2.53. The highest BCUT2D eigenvalue weighted by molar-refractivity contribution is 7.47. The number of carbonyl (C=O) groups is 6. The maximum absolute atomic E-state index is 13.6. The fourth-order valence-electron chi connectivity index (χ4n) is 8.56. The Kier molecular flexibility index (Phi) is 44.5. The van der Waals surface area contributed by atoms with E-state index in [1.54, 1.807) is 7.11 Å². The second kappa shape index (κ2) is 45.8. The molecule has 0 spiro atoms. The highest BCUT2D eigenvalue weighted by atomic mass is 31.2. The number of hydrogen-bond donors (Lipinski definition) is 3. The monoisotopic (exact) mass is 1260 g/mol. The van der Waals surface area contributed by atoms with Crippen LogP contribution in [-0.2, 0) is 85.0 Å². The van der Waals surface area contributed by atoms with Crippen LogP contribution in [0.15, 0.2) is 0 Å². The first kappa shape index (κ1) is 82.6. The third-order valence-electron chi connectivity index (χ3n) is 13.5. The number of carbonyl (C=O) groups excluding carboxylic acids is 6. The van der Waals surface area contributed by atoms with E-state index >= 15 is 0 Å². The number of halogens is 5. The molecule has 0 aromatic heterocycles. The van der Waals surface area contributed by atoms with Crippen LogP contribution in [0.5, 0.6) is 5.75 Å². The lowest BCUT2D eigenvalue weighted by molar-refractivity contribution is -0.273. The Hall–Kier alpha value is -4.44. The first-order valence-electron chi connectivity index (χ1n) is 28.1. The number of phosphoric acid groups is 1. The van der Waals surface area contributed by atoms with Crippen molar-refractivity contribution >= 4 is 43.6 Å². The maximum Gasteiger partial charge on any atom is 0.473 e. The summed E-state index contributed by atoms with van der Waals surface area (Å²) in [6.45, 7) is 15.2. The van der Waals surface area contributed by atoms with Crippen LogP contribution in [0.25, 0.3) is 0 Å². The fourth-order valence-corrected chi connectivity index (χ4v) is 8.86. The number of nitrogens with one attached hydrogen (secondary N) is 1. The lowest BCUT2D eigenvalue weighted by Gasteiger charge is -2.43. The predicted molar refractivity (Wildman–Crippen MR) is 301 cm³/mol. The van der Waals surface area contributed by atoms with Gasteiger partial charge in [-0.1, -0.05) is 93.9 Å². The maximum atomic E-state index is 13.6. The molecule has 0 saturated carbocycles. The fraction of sp³-hybridized carbons (Fsp3) is 0.789. The molecular weight excluding hydrogens is 1160 g/mol. The number of amides is 1. The molecule has 28 heteroatoms. The van der Waals surface area contributed by atoms with Crippen molar-refractivity contribution in [2.45, 2.75) is 210 Å². The highest BCUT2D eigenvalue weighted by Crippen LogP contribution is 2.41. The predicted octanol–water partition coefficient (Wildman–Crippen LogP) is 10.2. The molecule has 2 saturated heterocycles. The van der Waals surface area contributed by atoms with E-state index in [1.165, 1.54) is 27.7 Å². The van der Waals surface area contributed by atoms with Crippen molar-refractivity contribution in [2.75, 3.05) is 60.5 Å². The average molecular weight is 1260 g/mol. The van der Waals surface area contributed by atoms with Gasteiger partial charge in [0, 0.05) is 105 Å². The number of rotatable bonds is 35. The number of ether oxygens (including phenoxy) is 10. The molecule has 1 aromatic rings. The van der Waals surface area contributed by atoms with Gasteiger partial charge < -0.3 is 63.3 Å². The van der Waals surface area contributed by atoms with E-state index in [-0.39, 0.29) is 83.2 Å². The molecule has 2 aliphatic heterocycles. The molecule has 496 valence electrons. The molecule has 4 N–H and O–H groups in total. The standard InChI is InChI=1S/C27H49NO8.C26H33F5O8.C2H8NO4P.2CH4/c1-20-21(2)27(36-24(19-34-22(3)29)26(20)35-23(4)30)33-18-14-9-6-7-11-15-25(31)28-16-12-8-10-13-17-32-5;1-13-14(2)26(38-17(12-36-15(3)32)24(13)37-16(4)33)35-11-9-7-5-6-8-10-18(34)39-25-22(30)20(28)19(27)21(29)23(25)31;1-6-8(4,5)7-2-3;;/h20-21,24,26-27H,6-19H2,1-5H3,(H,28,31);13-14,17,24,26H,5-12H2,1-4H3;2-3H2,1H3,(H,4,5);2*1H4/t20-,21?,24?,26-,27-;13-,14?,17?,24-,26-;;;/m11.../s1. The Bertz CT molecular complexity index is 2120. The van der Waals surface area contributed by atoms with Crippen molar-refractivity contribution < 1.29 is 117 Å². The molecule has 2 heterocycles. The third kappa shape index (κ3) is 33.5. The van der Waals surface area contributed by atoms with Gasteiger partial charge in [-0.3, -0.25) is 37.8 Å². The number of methoxy groups -OCH3 is 1. The van der Waals surface area contributed by atoms with Gasteiger partial charge in [0.05, 0.1) is 0 Å². The number of nitrogens with two attached hydrogens (primary N) is 1. The van der Waals surface area contributed by atoms with Crippen LogP contribution in [0.1, 0.15) is 173 Å². The van der Waals surface area contributed by atoms with Crippen molar-refractivity contribution in [2.24, 2.45) is 29.4 Å². The molecule has 0 bridgehead atoms. The molecule has 2 aliphatic rings. The number of phosphoric ester groups is 1. The Morgan fingerprint density at radius 1 is 0.553 bits per heavy atom. The zero-order valence-corrected chi connectivity index (χ0v) is 50.5. The SMILES string of the molecule is C.C.CC(=O)OCC1O[C@@H](OCCCCCCCC(=O)Oc2c(F)c(F)c(F)c(F)c2F)C(C)[C@@H](C)[C@H]1OC(C)=O.COCCCCCCNC(=O)CCCCCCCO[C@@H]1OC(COC(C)=O)[C@H](OC(C)=O)[C@H](C)C1C.COP(=O)(O)OCN. The van der Waals surface area contributed by atoms with Gasteiger partial charge in [-0.2, -0.15) is 8.78 Å². The number of esters is 5. The topological polar surface area (TPSA) is 289 Å². The number of benzene rings is 1. The summed E-state index contributed by atoms with van der Waals surface area (Å²) in [7, 11) is -1.01. The van der Waals surface area contributed by atoms with E-state index in [2.05, 4.69) is 19.1 Å². The van der Waals surface area contributed by atoms with Gasteiger partial charge in [0.1, 0.15) is 44.4 Å². The van der Waals surface area contributed by atoms with Crippen LogP contribution >= 0.6 is 7.82 Å². The van der Waals surface area contributed by atoms with E-state index in [9.17, 15) is 55.3 Å². The van der Waals surface area contributed by atoms with Crippen molar-refractivity contribution in [1.29, 1.82) is 0 Å². The van der Waals surface area contributed by atoms with E-state index in [0.29, 0.717) is 38.9 Å². The van der Waals surface area contributed by atoms with Crippen LogP contribution < -0.4 is 15.8 Å². The van der Waals surface area contributed by atoms with Gasteiger partial charge in [0.2, 0.25) is 40.7 Å². The van der Waals surface area contributed by atoms with Crippen molar-refractivity contribution in [3.63, 3.8) is 0 Å². The highest BCUT2D eigenvalue weighted by Gasteiger charge is 2.46. The summed E-state index contributed by atoms with van der Waals surface area (Å²) in [5.74, 6) is -15.7. The quantitative estimate of drug-likeness (QED) is 0.00655. The molecule has 11 atom stereocenters. The zero-order valence-electron chi connectivity index (χ0n) is 49.7. The van der Waals surface area contributed by atoms with Gasteiger partial charge in [0.25, 0.3) is 0 Å². The summed E-state index contributed by atoms with van der Waals surface area (Å²) in [5, 5.41) is 3.00. The Morgan fingerprint density at radius 3 is 1.33 bits per heavy atom. The first-order chi connectivity index (χ1) is 39.2. The second-order valence-electron chi connectivity index (χ2n) is 20.1. The van der Waals surface area contributed by atoms with Gasteiger partial charge in [0.15, 0.2) is 12.6 Å². The van der Waals surface area contributed by atoms with Crippen LogP contribution in [-0.4, -0.2) is 138 Å². The van der Waals surface area contributed by atoms with Crippen molar-refractivity contribution in [3.8, 4) is 5.75 Å². The van der Waals surface area contributed by atoms with E-state index in [4.69, 9.17) is 53.3 Å². The zero-order chi connectivity index (χ0) is 62.7. The summed E-state index contributed by atoms with van der Waals surface area (Å²) in [4.78, 5) is 77.6. The minimum atomic E-state index is -3.80. The van der Waals surface area contributed by atoms with Crippen LogP contribution in [0.3, 0.4) is 0 Å². The third-order valence-corrected chi connectivity index (χ3v) is 14.4. The van der Waals surface area contributed by atoms with Crippen molar-refractivity contribution in [3.05, 3.63) is 29.1 Å². The summed E-state index contributed by atoms with van der Waals surface area (Å²) in [6, 6.07) is 0. The summed E-state index contributed by atoms with van der Waals surface area (Å²) in [5.41, 5.74) is 4.76. The number of hydrogen-bond acceptors (Lipinski definition) is 20. The molecular formula is C57H98F5N2O20P. The molecule has 0 radical (unpaired) electrons. The van der Waals surface area contributed by atoms with Crippen LogP contribution in [0, 0.1) is 52.8 Å². The Labute approximate surface area is 498 Å². The minimum absolute atomic E-state index is 0. The van der Waals surface area contributed by atoms with E-state index < -0.39 is 104 Å². The van der Waals surface area contributed by atoms with Gasteiger partial charge in [-0.25, -0.2) is 17.7 Å². The summed E-state index contributed by atoms with van der Waals surface area (Å²) >= 11 is 0. The molecule has 1 aromatic carbocycles. The Morgan fingerprint density at radius 2 is 0.941 bits per heavy atom. The van der Waals surface area contributed by atoms with Gasteiger partial charge in [-0.05, 0) is 38.5 Å². The first-order valence-corrected chi connectivity index (χ1v) is 29.6. The minimum Gasteiger partial charge on any atom is -0.463 e. The Balaban J connectivity index is 0. The molecule has 5 unspecified atom stereocenters. The van der Waals surface area contributed by atoms with Crippen molar-refractivity contribution in [1.82, 2.24) is 5.32 Å². The summed E-state index contributed by atoms with van der Waals surface area (Å²) in [6.07, 6.45) is 9.06. The molecule has 22 nitrogen and oxygen atoms in total. The van der Waals surface area contributed by atoms with Gasteiger partial charge >= 0.3 is 37.7 Å². The lowest BCUT2D eigenvalue weighted by atomic mass is 9.84. The normalized spacial score (nSPS) is 22.2. The second-order valence-corrected chi connectivity index (χ2v) is 21.7. The largest absolute Gasteiger partial charge is 0.473 e. The molecule has 2 fully saturated rings. The molecule has 3 rings (SSSR count). The smallest absolute Gasteiger partial charge is 0.463 e. The van der Waals surface area contributed by atoms with Crippen LogP contribution in [0.4, 0.5) is 22.0 Å². The van der Waals surface area contributed by atoms with E-state index in [0.717, 1.165) is 84.5 Å². The number of unbranched alkanes of at least 4 members (excludes halogenated alkanes) is 11. The van der Waals surface area contributed by atoms with E-state index in [1.807, 2.05) is 27.7 Å². The molecule has 1 amide bonds. The molecule has 0 aliphatic carbocycles. The van der Waals surface area contributed by atoms with Crippen LogP contribution in [0.2, 0.25) is 0 Å². The van der Waals surface area contributed by atoms with Gasteiger partial charge in [-0.15, -0.1) is 0 Å². The molecule has 85 heavy (non-hydrogen) atoms.